The molecule has 6 aliphatic carbocycles. The lowest BCUT2D eigenvalue weighted by molar-refractivity contribution is 0.0422. The van der Waals surface area contributed by atoms with Gasteiger partial charge in [-0.05, 0) is 154 Å². The van der Waals surface area contributed by atoms with Gasteiger partial charge in [0.05, 0.1) is 16.1 Å². The molecule has 6 fully saturated rings. The predicted molar refractivity (Wildman–Crippen MR) is 218 cm³/mol. The Bertz CT molecular complexity index is 991. The molecule has 0 aromatic carbocycles. The van der Waals surface area contributed by atoms with Crippen molar-refractivity contribution in [3.05, 3.63) is 0 Å². The topological polar surface area (TPSA) is 0 Å². The van der Waals surface area contributed by atoms with Crippen molar-refractivity contribution in [3.63, 3.8) is 0 Å². The molecule has 0 aromatic heterocycles. The normalized spacial score (nSPS) is 53.1. The largest absolute Gasteiger partial charge is 0.0689 e. The molecule has 18 atom stereocenters. The molecule has 0 aromatic rings. The number of rotatable bonds is 7. The lowest BCUT2D eigenvalue weighted by atomic mass is 9.60. The summed E-state index contributed by atoms with van der Waals surface area (Å²) in [5.41, 5.74) is 4.18. The van der Waals surface area contributed by atoms with Crippen molar-refractivity contribution in [3.8, 4) is 0 Å². The molecule has 0 aliphatic heterocycles. The third-order valence-corrected chi connectivity index (χ3v) is 30.9. The second-order valence-electron chi connectivity index (χ2n) is 22.8. The molecule has 0 N–H and O–H groups in total. The summed E-state index contributed by atoms with van der Waals surface area (Å²) in [6.45, 7) is 43.5. The van der Waals surface area contributed by atoms with Gasteiger partial charge in [0.1, 0.15) is 0 Å². The molecule has 6 aliphatic rings. The molecule has 0 amide bonds. The van der Waals surface area contributed by atoms with Gasteiger partial charge in [0.25, 0.3) is 0 Å². The molecule has 18 unspecified atom stereocenters. The zero-order valence-corrected chi connectivity index (χ0v) is 37.4. The first-order chi connectivity index (χ1) is 22.3. The first-order valence-electron chi connectivity index (χ1n) is 22.3. The Morgan fingerprint density at radius 3 is 0.896 bits per heavy atom. The lowest BCUT2D eigenvalue weighted by Gasteiger charge is -2.51. The maximum Gasteiger partial charge on any atom is 0.0547 e. The van der Waals surface area contributed by atoms with Crippen LogP contribution in [0.15, 0.2) is 0 Å². The summed E-state index contributed by atoms with van der Waals surface area (Å²) in [4.78, 5) is 0. The van der Waals surface area contributed by atoms with Crippen LogP contribution in [0.25, 0.3) is 0 Å². The molecule has 2 heteroatoms. The molecule has 0 heterocycles. The van der Waals surface area contributed by atoms with E-state index in [4.69, 9.17) is 0 Å². The first kappa shape index (κ1) is 38.2. The highest BCUT2D eigenvalue weighted by Crippen LogP contribution is 2.70. The monoisotopic (exact) mass is 695 g/mol. The van der Waals surface area contributed by atoms with Crippen molar-refractivity contribution >= 4 is 16.1 Å². The van der Waals surface area contributed by atoms with Crippen LogP contribution >= 0.6 is 0 Å². The molecule has 0 bridgehead atoms. The second-order valence-corrected chi connectivity index (χ2v) is 32.7. The lowest BCUT2D eigenvalue weighted by Crippen LogP contribution is -2.48. The molecular formula is C46H86Si2. The van der Waals surface area contributed by atoms with Crippen LogP contribution in [0.3, 0.4) is 0 Å². The van der Waals surface area contributed by atoms with E-state index in [1.165, 1.54) is 0 Å². The third kappa shape index (κ3) is 5.81. The summed E-state index contributed by atoms with van der Waals surface area (Å²) < 4.78 is 0. The van der Waals surface area contributed by atoms with E-state index in [0.29, 0.717) is 0 Å². The standard InChI is InChI=1S/C46H86Si2/c1-25(2)39-23-41-35(19-17-21-37(41)45(39)47(13,14)43-31(9)27(5)28(6)32(43)10)36-20-18-22-38-42(36)24-40(26(3)4)46(38)48(15,16)44-33(11)29(7)30(8)34(44)12/h25-46H,17-24H2,1-16H3. The fourth-order valence-electron chi connectivity index (χ4n) is 17.8. The molecule has 0 nitrogen and oxygen atoms in total. The summed E-state index contributed by atoms with van der Waals surface area (Å²) in [6.07, 6.45) is 12.6. The quantitative estimate of drug-likeness (QED) is 0.233. The molecule has 0 radical (unpaired) electrons. The minimum atomic E-state index is -1.48. The van der Waals surface area contributed by atoms with Gasteiger partial charge in [-0.3, -0.25) is 0 Å². The SMILES string of the molecule is CC(C)C1CC2C(C3CCCC4C3CC(C(C)C)C4[Si](C)(C)C3C(C)C(C)C(C)C3C)CCCC2C1[Si](C)(C)C1C(C)C(C)C(C)C1C. The van der Waals surface area contributed by atoms with Crippen LogP contribution in [0.4, 0.5) is 0 Å². The Hall–Kier alpha value is 0.434. The Morgan fingerprint density at radius 1 is 0.354 bits per heavy atom. The van der Waals surface area contributed by atoms with Crippen molar-refractivity contribution in [2.24, 2.45) is 107 Å². The van der Waals surface area contributed by atoms with E-state index in [-0.39, 0.29) is 0 Å². The van der Waals surface area contributed by atoms with Crippen LogP contribution in [0.2, 0.25) is 48.4 Å². The number of hydrogen-bond acceptors (Lipinski definition) is 0. The van der Waals surface area contributed by atoms with Gasteiger partial charge in [0.2, 0.25) is 0 Å². The van der Waals surface area contributed by atoms with E-state index in [0.717, 1.165) is 129 Å². The van der Waals surface area contributed by atoms with E-state index in [1.54, 1.807) is 51.4 Å². The summed E-state index contributed by atoms with van der Waals surface area (Å²) >= 11 is 0. The van der Waals surface area contributed by atoms with Crippen molar-refractivity contribution in [1.82, 2.24) is 0 Å². The smallest absolute Gasteiger partial charge is 0.0547 e. The molecule has 6 rings (SSSR count). The molecule has 278 valence electrons. The zero-order chi connectivity index (χ0) is 35.4. The van der Waals surface area contributed by atoms with Crippen molar-refractivity contribution in [2.45, 2.75) is 183 Å². The predicted octanol–water partition coefficient (Wildman–Crippen LogP) is 14.4. The minimum Gasteiger partial charge on any atom is -0.0689 e. The van der Waals surface area contributed by atoms with Crippen LogP contribution in [-0.4, -0.2) is 16.1 Å². The number of hydrogen-bond donors (Lipinski definition) is 0. The second kappa shape index (κ2) is 13.7. The highest BCUT2D eigenvalue weighted by Gasteiger charge is 2.63. The molecule has 6 saturated carbocycles. The van der Waals surface area contributed by atoms with Gasteiger partial charge >= 0.3 is 0 Å². The highest BCUT2D eigenvalue weighted by molar-refractivity contribution is 6.81. The van der Waals surface area contributed by atoms with Gasteiger partial charge in [-0.25, -0.2) is 0 Å². The van der Waals surface area contributed by atoms with E-state index >= 15 is 0 Å². The number of fused-ring (bicyclic) bond motifs is 2. The maximum absolute atomic E-state index is 2.94. The van der Waals surface area contributed by atoms with Crippen molar-refractivity contribution < 1.29 is 0 Å². The van der Waals surface area contributed by atoms with Crippen LogP contribution in [0, 0.1) is 107 Å². The van der Waals surface area contributed by atoms with E-state index < -0.39 is 16.1 Å². The third-order valence-electron chi connectivity index (χ3n) is 20.2. The van der Waals surface area contributed by atoms with Gasteiger partial charge in [-0.1, -0.05) is 135 Å². The first-order valence-corrected chi connectivity index (χ1v) is 28.7. The van der Waals surface area contributed by atoms with E-state index in [1.807, 2.05) is 0 Å². The van der Waals surface area contributed by atoms with Crippen molar-refractivity contribution in [1.29, 1.82) is 0 Å². The summed E-state index contributed by atoms with van der Waals surface area (Å²) in [7, 11) is -2.97. The molecule has 0 spiro atoms. The van der Waals surface area contributed by atoms with Crippen LogP contribution < -0.4 is 0 Å². The maximum atomic E-state index is 2.94. The minimum absolute atomic E-state index is 0.863. The van der Waals surface area contributed by atoms with Crippen molar-refractivity contribution in [2.75, 3.05) is 0 Å². The van der Waals surface area contributed by atoms with Crippen LogP contribution in [0.1, 0.15) is 134 Å². The van der Waals surface area contributed by atoms with Gasteiger partial charge in [-0.15, -0.1) is 0 Å². The van der Waals surface area contributed by atoms with Crippen LogP contribution in [0.5, 0.6) is 0 Å². The average molecular weight is 695 g/mol. The summed E-state index contributed by atoms with van der Waals surface area (Å²) in [5, 5.41) is 0. The summed E-state index contributed by atoms with van der Waals surface area (Å²) in [6, 6.07) is 0. The molecular weight excluding hydrogens is 609 g/mol. The Labute approximate surface area is 304 Å². The Morgan fingerprint density at radius 2 is 0.625 bits per heavy atom. The zero-order valence-electron chi connectivity index (χ0n) is 35.4. The van der Waals surface area contributed by atoms with Crippen LogP contribution in [-0.2, 0) is 0 Å². The van der Waals surface area contributed by atoms with Gasteiger partial charge < -0.3 is 0 Å². The Kier molecular flexibility index (Phi) is 10.9. The average Bonchev–Trinajstić information content (AvgIpc) is 3.72. The Balaban J connectivity index is 1.30. The molecule has 48 heavy (non-hydrogen) atoms. The van der Waals surface area contributed by atoms with Gasteiger partial charge in [0.15, 0.2) is 0 Å². The highest BCUT2D eigenvalue weighted by atomic mass is 28.3. The van der Waals surface area contributed by atoms with E-state index in [2.05, 4.69) is 109 Å². The van der Waals surface area contributed by atoms with E-state index in [9.17, 15) is 0 Å². The van der Waals surface area contributed by atoms with Gasteiger partial charge in [0, 0.05) is 0 Å². The fraction of sp³-hybridized carbons (Fsp3) is 1.00. The van der Waals surface area contributed by atoms with Gasteiger partial charge in [-0.2, -0.15) is 0 Å². The fourth-order valence-corrected chi connectivity index (χ4v) is 31.6. The molecule has 0 saturated heterocycles. The summed E-state index contributed by atoms with van der Waals surface area (Å²) in [5.74, 6) is 17.3.